The predicted molar refractivity (Wildman–Crippen MR) is 59.6 cm³/mol. The average Bonchev–Trinajstić information content (AvgIpc) is 2.19. The van der Waals surface area contributed by atoms with Crippen molar-refractivity contribution in [2.75, 3.05) is 0 Å². The maximum Gasteiger partial charge on any atom is 0.174 e. The molecule has 1 unspecified atom stereocenters. The molecule has 15 heavy (non-hydrogen) atoms. The van der Waals surface area contributed by atoms with Gasteiger partial charge in [-0.1, -0.05) is 43.7 Å². The summed E-state index contributed by atoms with van der Waals surface area (Å²) in [6.45, 7) is 3.26. The van der Waals surface area contributed by atoms with Crippen LogP contribution in [-0.4, -0.2) is 11.5 Å². The minimum absolute atomic E-state index is 0.188. The Kier molecular flexibility index (Phi) is 4.01. The smallest absolute Gasteiger partial charge is 0.174 e. The molecule has 82 valence electrons. The second-order valence-corrected chi connectivity index (χ2v) is 4.03. The van der Waals surface area contributed by atoms with Crippen molar-refractivity contribution in [3.8, 4) is 0 Å². The molecule has 0 fully saturated rings. The lowest BCUT2D eigenvalue weighted by Gasteiger charge is -2.17. The van der Waals surface area contributed by atoms with Crippen LogP contribution in [0.2, 0.25) is 0 Å². The molecule has 1 rings (SSSR count). The van der Waals surface area contributed by atoms with E-state index in [1.54, 1.807) is 0 Å². The molecule has 0 saturated heterocycles. The van der Waals surface area contributed by atoms with Crippen molar-refractivity contribution in [3.63, 3.8) is 0 Å². The van der Waals surface area contributed by atoms with Crippen LogP contribution in [0, 0.1) is 0 Å². The summed E-state index contributed by atoms with van der Waals surface area (Å²) in [6.07, 6.45) is 1.18. The number of halogens is 1. The Labute approximate surface area is 90.3 Å². The van der Waals surface area contributed by atoms with Gasteiger partial charge < -0.3 is 0 Å². The van der Waals surface area contributed by atoms with Crippen LogP contribution in [0.3, 0.4) is 0 Å². The molecule has 0 saturated carbocycles. The lowest BCUT2D eigenvalue weighted by atomic mass is 9.93. The fraction of sp³-hybridized carbons (Fsp3) is 0.462. The van der Waals surface area contributed by atoms with Gasteiger partial charge in [-0.25, -0.2) is 4.39 Å². The van der Waals surface area contributed by atoms with Gasteiger partial charge in [0.15, 0.2) is 11.5 Å². The highest BCUT2D eigenvalue weighted by molar-refractivity contribution is 5.88. The number of ketones is 1. The summed E-state index contributed by atoms with van der Waals surface area (Å²) in [5.41, 5.74) is -0.799. The van der Waals surface area contributed by atoms with E-state index in [1.807, 2.05) is 37.3 Å². The topological polar surface area (TPSA) is 17.1 Å². The molecule has 0 aliphatic rings. The van der Waals surface area contributed by atoms with Gasteiger partial charge in [-0.3, -0.25) is 4.79 Å². The van der Waals surface area contributed by atoms with Crippen molar-refractivity contribution in [3.05, 3.63) is 35.9 Å². The summed E-state index contributed by atoms with van der Waals surface area (Å²) in [7, 11) is 0. The fourth-order valence-electron chi connectivity index (χ4n) is 1.57. The molecule has 0 bridgehead atoms. The van der Waals surface area contributed by atoms with Gasteiger partial charge >= 0.3 is 0 Å². The highest BCUT2D eigenvalue weighted by atomic mass is 19.1. The summed E-state index contributed by atoms with van der Waals surface area (Å²) in [6, 6.07) is 9.30. The Balaban J connectivity index is 2.63. The van der Waals surface area contributed by atoms with Gasteiger partial charge in [0.25, 0.3) is 0 Å². The molecule has 0 amide bonds. The van der Waals surface area contributed by atoms with Crippen LogP contribution in [0.15, 0.2) is 30.3 Å². The zero-order chi connectivity index (χ0) is 11.3. The van der Waals surface area contributed by atoms with Gasteiger partial charge in [-0.05, 0) is 18.9 Å². The molecule has 0 radical (unpaired) electrons. The standard InChI is InChI=1S/C13H17FO/c1-3-9-13(2,14)12(15)10-11-7-5-4-6-8-11/h4-8H,3,9-10H2,1-2H3. The lowest BCUT2D eigenvalue weighted by molar-refractivity contribution is -0.129. The van der Waals surface area contributed by atoms with Crippen molar-refractivity contribution in [2.24, 2.45) is 0 Å². The molecule has 1 aromatic rings. The Morgan fingerprint density at radius 3 is 2.47 bits per heavy atom. The van der Waals surface area contributed by atoms with Crippen LogP contribution in [0.4, 0.5) is 4.39 Å². The first-order valence-electron chi connectivity index (χ1n) is 5.32. The molecule has 0 aliphatic heterocycles. The third kappa shape index (κ3) is 3.46. The largest absolute Gasteiger partial charge is 0.296 e. The van der Waals surface area contributed by atoms with E-state index in [9.17, 15) is 9.18 Å². The normalized spacial score (nSPS) is 14.6. The van der Waals surface area contributed by atoms with E-state index in [2.05, 4.69) is 0 Å². The Hall–Kier alpha value is -1.18. The Bertz CT molecular complexity index is 317. The molecule has 0 spiro atoms. The first-order chi connectivity index (χ1) is 7.06. The number of carbonyl (C=O) groups is 1. The second-order valence-electron chi connectivity index (χ2n) is 4.03. The van der Waals surface area contributed by atoms with E-state index < -0.39 is 5.67 Å². The number of alkyl halides is 1. The first kappa shape index (κ1) is 11.9. The minimum Gasteiger partial charge on any atom is -0.296 e. The van der Waals surface area contributed by atoms with Crippen LogP contribution in [-0.2, 0) is 11.2 Å². The molecular weight excluding hydrogens is 191 g/mol. The molecule has 1 nitrogen and oxygen atoms in total. The molecule has 1 aromatic carbocycles. The summed E-state index contributed by atoms with van der Waals surface area (Å²) in [5.74, 6) is -0.324. The first-order valence-corrected chi connectivity index (χ1v) is 5.32. The summed E-state index contributed by atoms with van der Waals surface area (Å²) in [5, 5.41) is 0. The molecule has 0 heterocycles. The molecule has 0 aliphatic carbocycles. The highest BCUT2D eigenvalue weighted by Gasteiger charge is 2.30. The third-order valence-corrected chi connectivity index (χ3v) is 2.51. The van der Waals surface area contributed by atoms with E-state index in [0.717, 1.165) is 5.56 Å². The molecule has 1 atom stereocenters. The number of hydrogen-bond acceptors (Lipinski definition) is 1. The van der Waals surface area contributed by atoms with Gasteiger partial charge in [0.1, 0.15) is 0 Å². The Morgan fingerprint density at radius 1 is 1.33 bits per heavy atom. The SMILES string of the molecule is CCCC(C)(F)C(=O)Cc1ccccc1. The highest BCUT2D eigenvalue weighted by Crippen LogP contribution is 2.20. The van der Waals surface area contributed by atoms with Gasteiger partial charge in [-0.2, -0.15) is 0 Å². The fourth-order valence-corrected chi connectivity index (χ4v) is 1.57. The maximum atomic E-state index is 13.8. The molecule has 0 N–H and O–H groups in total. The third-order valence-electron chi connectivity index (χ3n) is 2.51. The predicted octanol–water partition coefficient (Wildman–Crippen LogP) is 3.33. The summed E-state index contributed by atoms with van der Waals surface area (Å²) in [4.78, 5) is 11.6. The monoisotopic (exact) mass is 208 g/mol. The van der Waals surface area contributed by atoms with Crippen molar-refractivity contribution in [1.29, 1.82) is 0 Å². The number of Topliss-reactive ketones (excluding diaryl/α,β-unsaturated/α-hetero) is 1. The zero-order valence-electron chi connectivity index (χ0n) is 9.29. The minimum atomic E-state index is -1.68. The molecule has 2 heteroatoms. The van der Waals surface area contributed by atoms with Crippen molar-refractivity contribution < 1.29 is 9.18 Å². The average molecular weight is 208 g/mol. The number of benzene rings is 1. The van der Waals surface area contributed by atoms with Crippen LogP contribution in [0.1, 0.15) is 32.3 Å². The summed E-state index contributed by atoms with van der Waals surface area (Å²) < 4.78 is 13.8. The Morgan fingerprint density at radius 2 is 1.93 bits per heavy atom. The van der Waals surface area contributed by atoms with E-state index >= 15 is 0 Å². The van der Waals surface area contributed by atoms with Crippen LogP contribution in [0.25, 0.3) is 0 Å². The maximum absolute atomic E-state index is 13.8. The zero-order valence-corrected chi connectivity index (χ0v) is 9.29. The molecular formula is C13H17FO. The van der Waals surface area contributed by atoms with Crippen LogP contribution >= 0.6 is 0 Å². The van der Waals surface area contributed by atoms with Crippen molar-refractivity contribution >= 4 is 5.78 Å². The van der Waals surface area contributed by atoms with E-state index in [0.29, 0.717) is 12.8 Å². The van der Waals surface area contributed by atoms with Gasteiger partial charge in [0.2, 0.25) is 0 Å². The molecule has 0 aromatic heterocycles. The van der Waals surface area contributed by atoms with Gasteiger partial charge in [-0.15, -0.1) is 0 Å². The quantitative estimate of drug-likeness (QED) is 0.725. The van der Waals surface area contributed by atoms with Crippen LogP contribution < -0.4 is 0 Å². The van der Waals surface area contributed by atoms with Crippen LogP contribution in [0.5, 0.6) is 0 Å². The van der Waals surface area contributed by atoms with Gasteiger partial charge in [0, 0.05) is 6.42 Å². The van der Waals surface area contributed by atoms with Crippen molar-refractivity contribution in [1.82, 2.24) is 0 Å². The second kappa shape index (κ2) is 5.06. The number of rotatable bonds is 5. The van der Waals surface area contributed by atoms with E-state index in [1.165, 1.54) is 6.92 Å². The summed E-state index contributed by atoms with van der Waals surface area (Å²) >= 11 is 0. The van der Waals surface area contributed by atoms with E-state index in [4.69, 9.17) is 0 Å². The van der Waals surface area contributed by atoms with Crippen molar-refractivity contribution in [2.45, 2.75) is 38.8 Å². The lowest BCUT2D eigenvalue weighted by Crippen LogP contribution is -2.31. The van der Waals surface area contributed by atoms with E-state index in [-0.39, 0.29) is 12.2 Å². The number of hydrogen-bond donors (Lipinski definition) is 0. The van der Waals surface area contributed by atoms with Gasteiger partial charge in [0.05, 0.1) is 0 Å². The number of carbonyl (C=O) groups excluding carboxylic acids is 1.